The molecule has 118 valence electrons. The van der Waals surface area contributed by atoms with Crippen molar-refractivity contribution >= 4 is 26.7 Å². The zero-order chi connectivity index (χ0) is 16.6. The van der Waals surface area contributed by atoms with Crippen molar-refractivity contribution in [2.75, 3.05) is 4.72 Å². The highest BCUT2D eigenvalue weighted by molar-refractivity contribution is 7.92. The molecule has 3 rings (SSSR count). The van der Waals surface area contributed by atoms with Crippen molar-refractivity contribution in [3.63, 3.8) is 0 Å². The van der Waals surface area contributed by atoms with Gasteiger partial charge < -0.3 is 0 Å². The average Bonchev–Trinajstić information content (AvgIpc) is 2.45. The Labute approximate surface area is 135 Å². The maximum absolute atomic E-state index is 12.7. The summed E-state index contributed by atoms with van der Waals surface area (Å²) in [4.78, 5) is 8.69. The van der Waals surface area contributed by atoms with Gasteiger partial charge in [0.05, 0.1) is 21.6 Å². The first-order valence-corrected chi connectivity index (χ1v) is 8.66. The van der Waals surface area contributed by atoms with Crippen LogP contribution in [0.15, 0.2) is 47.6 Å². The standard InChI is InChI=1S/C17H17N3O2S/c1-11-8-12(2)17(13(3)9-11)23(21,22)20-14-4-5-15-16(10-14)19-7-6-18-15/h4-10,20H,1-3H3. The Morgan fingerprint density at radius 3 is 2.13 bits per heavy atom. The topological polar surface area (TPSA) is 72.0 Å². The first kappa shape index (κ1) is 15.4. The normalized spacial score (nSPS) is 11.6. The molecule has 23 heavy (non-hydrogen) atoms. The summed E-state index contributed by atoms with van der Waals surface area (Å²) in [6.45, 7) is 5.56. The van der Waals surface area contributed by atoms with Crippen molar-refractivity contribution < 1.29 is 8.42 Å². The lowest BCUT2D eigenvalue weighted by Gasteiger charge is -2.14. The van der Waals surface area contributed by atoms with E-state index in [1.165, 1.54) is 0 Å². The van der Waals surface area contributed by atoms with Crippen molar-refractivity contribution in [1.82, 2.24) is 9.97 Å². The molecule has 6 heteroatoms. The molecule has 1 N–H and O–H groups in total. The van der Waals surface area contributed by atoms with Crippen LogP contribution in [0.2, 0.25) is 0 Å². The zero-order valence-corrected chi connectivity index (χ0v) is 14.0. The van der Waals surface area contributed by atoms with Crippen LogP contribution in [0.25, 0.3) is 11.0 Å². The lowest BCUT2D eigenvalue weighted by Crippen LogP contribution is -2.16. The highest BCUT2D eigenvalue weighted by atomic mass is 32.2. The summed E-state index contributed by atoms with van der Waals surface area (Å²) in [5.74, 6) is 0. The van der Waals surface area contributed by atoms with E-state index in [2.05, 4.69) is 14.7 Å². The van der Waals surface area contributed by atoms with Gasteiger partial charge in [0, 0.05) is 12.4 Å². The van der Waals surface area contributed by atoms with Crippen molar-refractivity contribution in [2.24, 2.45) is 0 Å². The van der Waals surface area contributed by atoms with E-state index in [9.17, 15) is 8.42 Å². The van der Waals surface area contributed by atoms with E-state index in [4.69, 9.17) is 0 Å². The Morgan fingerprint density at radius 2 is 1.48 bits per heavy atom. The molecular weight excluding hydrogens is 310 g/mol. The van der Waals surface area contributed by atoms with Crippen LogP contribution in [-0.4, -0.2) is 18.4 Å². The van der Waals surface area contributed by atoms with Gasteiger partial charge in [0.25, 0.3) is 10.0 Å². The molecule has 1 aromatic heterocycles. The van der Waals surface area contributed by atoms with E-state index >= 15 is 0 Å². The Bertz CT molecular complexity index is 975. The predicted octanol–water partition coefficient (Wildman–Crippen LogP) is 3.36. The number of rotatable bonds is 3. The first-order valence-electron chi connectivity index (χ1n) is 7.18. The molecule has 0 bridgehead atoms. The van der Waals surface area contributed by atoms with Crippen molar-refractivity contribution in [1.29, 1.82) is 0 Å². The first-order chi connectivity index (χ1) is 10.9. The smallest absolute Gasteiger partial charge is 0.262 e. The van der Waals surface area contributed by atoms with Gasteiger partial charge in [-0.2, -0.15) is 0 Å². The molecule has 0 unspecified atom stereocenters. The van der Waals surface area contributed by atoms with Gasteiger partial charge in [-0.3, -0.25) is 14.7 Å². The van der Waals surface area contributed by atoms with Crippen LogP contribution < -0.4 is 4.72 Å². The van der Waals surface area contributed by atoms with Crippen LogP contribution >= 0.6 is 0 Å². The number of hydrogen-bond acceptors (Lipinski definition) is 4. The number of sulfonamides is 1. The number of hydrogen-bond donors (Lipinski definition) is 1. The number of aromatic nitrogens is 2. The highest BCUT2D eigenvalue weighted by Gasteiger charge is 2.20. The van der Waals surface area contributed by atoms with Gasteiger partial charge in [-0.05, 0) is 50.1 Å². The fourth-order valence-electron chi connectivity index (χ4n) is 2.82. The maximum atomic E-state index is 12.7. The van der Waals surface area contributed by atoms with Gasteiger partial charge in [0.15, 0.2) is 0 Å². The maximum Gasteiger partial charge on any atom is 0.262 e. The van der Waals surface area contributed by atoms with E-state index in [1.54, 1.807) is 44.4 Å². The lowest BCUT2D eigenvalue weighted by atomic mass is 10.1. The van der Waals surface area contributed by atoms with E-state index in [-0.39, 0.29) is 0 Å². The van der Waals surface area contributed by atoms with Crippen LogP contribution in [0.5, 0.6) is 0 Å². The van der Waals surface area contributed by atoms with Crippen LogP contribution in [0, 0.1) is 20.8 Å². The molecule has 0 fully saturated rings. The van der Waals surface area contributed by atoms with Gasteiger partial charge in [0.2, 0.25) is 0 Å². The number of anilines is 1. The summed E-state index contributed by atoms with van der Waals surface area (Å²) < 4.78 is 28.1. The Kier molecular flexibility index (Phi) is 3.77. The minimum absolute atomic E-state index is 0.322. The van der Waals surface area contributed by atoms with Gasteiger partial charge in [0.1, 0.15) is 0 Å². The lowest BCUT2D eigenvalue weighted by molar-refractivity contribution is 0.600. The second-order valence-corrected chi connectivity index (χ2v) is 7.21. The van der Waals surface area contributed by atoms with Crippen LogP contribution in [0.4, 0.5) is 5.69 Å². The summed E-state index contributed by atoms with van der Waals surface area (Å²) >= 11 is 0. The third-order valence-corrected chi connectivity index (χ3v) is 5.28. The largest absolute Gasteiger partial charge is 0.280 e. The summed E-state index contributed by atoms with van der Waals surface area (Å²) in [5.41, 5.74) is 4.34. The highest BCUT2D eigenvalue weighted by Crippen LogP contribution is 2.25. The monoisotopic (exact) mass is 327 g/mol. The SMILES string of the molecule is Cc1cc(C)c(S(=O)(=O)Nc2ccc3nccnc3c2)c(C)c1. The molecule has 0 aliphatic rings. The quantitative estimate of drug-likeness (QED) is 0.800. The number of benzene rings is 2. The summed E-state index contributed by atoms with van der Waals surface area (Å²) in [7, 11) is -3.66. The van der Waals surface area contributed by atoms with Crippen LogP contribution in [0.3, 0.4) is 0 Å². The fourth-order valence-corrected chi connectivity index (χ4v) is 4.33. The van der Waals surface area contributed by atoms with Gasteiger partial charge >= 0.3 is 0 Å². The minimum atomic E-state index is -3.66. The summed E-state index contributed by atoms with van der Waals surface area (Å²) in [6.07, 6.45) is 3.18. The molecule has 0 saturated carbocycles. The van der Waals surface area contributed by atoms with Crippen LogP contribution in [-0.2, 0) is 10.0 Å². The molecule has 0 saturated heterocycles. The van der Waals surface area contributed by atoms with Crippen molar-refractivity contribution in [3.05, 3.63) is 59.4 Å². The molecule has 0 amide bonds. The molecule has 0 spiro atoms. The summed E-state index contributed by atoms with van der Waals surface area (Å²) in [5, 5.41) is 0. The Morgan fingerprint density at radius 1 is 0.870 bits per heavy atom. The number of fused-ring (bicyclic) bond motifs is 1. The van der Waals surface area contributed by atoms with Gasteiger partial charge in [-0.25, -0.2) is 8.42 Å². The molecule has 2 aromatic carbocycles. The van der Waals surface area contributed by atoms with Gasteiger partial charge in [-0.1, -0.05) is 17.7 Å². The van der Waals surface area contributed by atoms with E-state index in [0.29, 0.717) is 16.1 Å². The number of nitrogens with zero attached hydrogens (tertiary/aromatic N) is 2. The van der Waals surface area contributed by atoms with E-state index < -0.39 is 10.0 Å². The van der Waals surface area contributed by atoms with Crippen molar-refractivity contribution in [2.45, 2.75) is 25.7 Å². The molecule has 0 atom stereocenters. The minimum Gasteiger partial charge on any atom is -0.280 e. The third kappa shape index (κ3) is 3.03. The molecule has 1 heterocycles. The average molecular weight is 327 g/mol. The molecule has 3 aromatic rings. The third-order valence-electron chi connectivity index (χ3n) is 3.59. The molecule has 0 aliphatic heterocycles. The summed E-state index contributed by atoms with van der Waals surface area (Å²) in [6, 6.07) is 8.85. The zero-order valence-electron chi connectivity index (χ0n) is 13.2. The molecule has 5 nitrogen and oxygen atoms in total. The van der Waals surface area contributed by atoms with Crippen LogP contribution in [0.1, 0.15) is 16.7 Å². The molecule has 0 aliphatic carbocycles. The Balaban J connectivity index is 2.03. The van der Waals surface area contributed by atoms with Gasteiger partial charge in [-0.15, -0.1) is 0 Å². The second kappa shape index (κ2) is 5.62. The Hall–Kier alpha value is -2.47. The second-order valence-electron chi connectivity index (χ2n) is 5.59. The number of aryl methyl sites for hydroxylation is 3. The molecule has 0 radical (unpaired) electrons. The number of nitrogens with one attached hydrogen (secondary N) is 1. The van der Waals surface area contributed by atoms with Crippen molar-refractivity contribution in [3.8, 4) is 0 Å². The fraction of sp³-hybridized carbons (Fsp3) is 0.176. The van der Waals surface area contributed by atoms with E-state index in [1.807, 2.05) is 19.1 Å². The van der Waals surface area contributed by atoms with E-state index in [0.717, 1.165) is 22.2 Å². The predicted molar refractivity (Wildman–Crippen MR) is 91.0 cm³/mol. The molecular formula is C17H17N3O2S.